The highest BCUT2D eigenvalue weighted by atomic mass is 127. The number of amides is 2. The van der Waals surface area contributed by atoms with Crippen LogP contribution in [-0.2, 0) is 4.79 Å². The highest BCUT2D eigenvalue weighted by Gasteiger charge is 2.25. The van der Waals surface area contributed by atoms with Gasteiger partial charge in [0.2, 0.25) is 5.91 Å². The standard InChI is InChI=1S/C17H28N6O2S.HI/c1-4-14(24)23-9-6-13(10-23)22-17(18-5-2)20-8-7-19-16(25)15-12(3)21-11-26-15;/h11,13H,4-10H2,1-3H3,(H,19,25)(H2,18,20,22);1H. The number of carbonyl (C=O) groups excluding carboxylic acids is 2. The van der Waals surface area contributed by atoms with E-state index >= 15 is 0 Å². The lowest BCUT2D eigenvalue weighted by molar-refractivity contribution is -0.129. The molecule has 0 aromatic carbocycles. The van der Waals surface area contributed by atoms with Crippen LogP contribution in [0.25, 0.3) is 0 Å². The fraction of sp³-hybridized carbons (Fsp3) is 0.647. The molecular weight excluding hydrogens is 479 g/mol. The largest absolute Gasteiger partial charge is 0.357 e. The van der Waals surface area contributed by atoms with Crippen LogP contribution in [-0.4, -0.2) is 66.4 Å². The number of aliphatic imine (C=N–C) groups is 1. The van der Waals surface area contributed by atoms with Crippen molar-refractivity contribution in [2.75, 3.05) is 32.7 Å². The van der Waals surface area contributed by atoms with E-state index in [4.69, 9.17) is 0 Å². The number of carbonyl (C=O) groups is 2. The third-order valence-electron chi connectivity index (χ3n) is 4.15. The van der Waals surface area contributed by atoms with Gasteiger partial charge in [0, 0.05) is 38.6 Å². The molecule has 152 valence electrons. The minimum absolute atomic E-state index is 0. The maximum Gasteiger partial charge on any atom is 0.263 e. The second-order valence-corrected chi connectivity index (χ2v) is 6.96. The number of rotatable bonds is 7. The van der Waals surface area contributed by atoms with Crippen molar-refractivity contribution in [1.29, 1.82) is 0 Å². The van der Waals surface area contributed by atoms with E-state index in [1.54, 1.807) is 5.51 Å². The monoisotopic (exact) mass is 508 g/mol. The van der Waals surface area contributed by atoms with Crippen molar-refractivity contribution in [2.45, 2.75) is 39.7 Å². The summed E-state index contributed by atoms with van der Waals surface area (Å²) in [6.07, 6.45) is 1.46. The van der Waals surface area contributed by atoms with Crippen LogP contribution in [0, 0.1) is 6.92 Å². The van der Waals surface area contributed by atoms with Crippen molar-refractivity contribution < 1.29 is 9.59 Å². The summed E-state index contributed by atoms with van der Waals surface area (Å²) in [5.74, 6) is 0.798. The van der Waals surface area contributed by atoms with Crippen molar-refractivity contribution in [3.63, 3.8) is 0 Å². The van der Waals surface area contributed by atoms with Crippen molar-refractivity contribution in [1.82, 2.24) is 25.8 Å². The van der Waals surface area contributed by atoms with Crippen LogP contribution in [0.5, 0.6) is 0 Å². The van der Waals surface area contributed by atoms with Gasteiger partial charge in [-0.3, -0.25) is 14.6 Å². The Kier molecular flexibility index (Phi) is 10.6. The molecule has 1 aliphatic heterocycles. The lowest BCUT2D eigenvalue weighted by atomic mass is 10.3. The number of hydrogen-bond donors (Lipinski definition) is 3. The van der Waals surface area contributed by atoms with Gasteiger partial charge in [-0.2, -0.15) is 0 Å². The molecule has 1 aromatic heterocycles. The zero-order chi connectivity index (χ0) is 18.9. The number of halogens is 1. The second kappa shape index (κ2) is 12.1. The van der Waals surface area contributed by atoms with Gasteiger partial charge in [-0.15, -0.1) is 35.3 Å². The number of guanidine groups is 1. The summed E-state index contributed by atoms with van der Waals surface area (Å²) in [5.41, 5.74) is 2.42. The summed E-state index contributed by atoms with van der Waals surface area (Å²) in [5, 5.41) is 9.44. The SMILES string of the molecule is CCNC(=NCCNC(=O)c1scnc1C)NC1CCN(C(=O)CC)C1.I. The van der Waals surface area contributed by atoms with Gasteiger partial charge in [0.1, 0.15) is 4.88 Å². The van der Waals surface area contributed by atoms with Crippen molar-refractivity contribution in [3.8, 4) is 0 Å². The Hall–Kier alpha value is -1.43. The highest BCUT2D eigenvalue weighted by Crippen LogP contribution is 2.11. The van der Waals surface area contributed by atoms with Gasteiger partial charge in [0.05, 0.1) is 17.7 Å². The van der Waals surface area contributed by atoms with Crippen LogP contribution >= 0.6 is 35.3 Å². The van der Waals surface area contributed by atoms with Crippen LogP contribution in [0.15, 0.2) is 10.5 Å². The van der Waals surface area contributed by atoms with E-state index in [9.17, 15) is 9.59 Å². The maximum atomic E-state index is 12.0. The van der Waals surface area contributed by atoms with Gasteiger partial charge < -0.3 is 20.9 Å². The number of hydrogen-bond acceptors (Lipinski definition) is 5. The van der Waals surface area contributed by atoms with Gasteiger partial charge in [-0.05, 0) is 20.3 Å². The molecule has 1 saturated heterocycles. The van der Waals surface area contributed by atoms with Crippen molar-refractivity contribution >= 4 is 53.1 Å². The van der Waals surface area contributed by atoms with Crippen LogP contribution < -0.4 is 16.0 Å². The quantitative estimate of drug-likeness (QED) is 0.224. The summed E-state index contributed by atoms with van der Waals surface area (Å²) in [6, 6.07) is 0.206. The van der Waals surface area contributed by atoms with Gasteiger partial charge in [0.15, 0.2) is 5.96 Å². The Morgan fingerprint density at radius 3 is 2.78 bits per heavy atom. The summed E-state index contributed by atoms with van der Waals surface area (Å²) in [7, 11) is 0. The first-order valence-corrected chi connectivity index (χ1v) is 9.94. The lowest BCUT2D eigenvalue weighted by Crippen LogP contribution is -2.45. The Morgan fingerprint density at radius 1 is 1.37 bits per heavy atom. The second-order valence-electron chi connectivity index (χ2n) is 6.11. The normalized spacial score (nSPS) is 16.6. The summed E-state index contributed by atoms with van der Waals surface area (Å²) in [4.78, 5) is 34.9. The number of thiazole rings is 1. The molecule has 2 heterocycles. The Morgan fingerprint density at radius 2 is 2.15 bits per heavy atom. The molecule has 1 aliphatic rings. The Bertz CT molecular complexity index is 651. The zero-order valence-corrected chi connectivity index (χ0v) is 19.2. The molecule has 27 heavy (non-hydrogen) atoms. The lowest BCUT2D eigenvalue weighted by Gasteiger charge is -2.18. The smallest absolute Gasteiger partial charge is 0.263 e. The van der Waals surface area contributed by atoms with Crippen LogP contribution in [0.3, 0.4) is 0 Å². The number of likely N-dealkylation sites (tertiary alicyclic amines) is 1. The Labute approximate surface area is 181 Å². The van der Waals surface area contributed by atoms with Crippen LogP contribution in [0.2, 0.25) is 0 Å². The van der Waals surface area contributed by atoms with Gasteiger partial charge in [0.25, 0.3) is 5.91 Å². The Balaban J connectivity index is 0.00000364. The fourth-order valence-corrected chi connectivity index (χ4v) is 3.50. The van der Waals surface area contributed by atoms with Crippen molar-refractivity contribution in [3.05, 3.63) is 16.1 Å². The number of nitrogens with zero attached hydrogens (tertiary/aromatic N) is 3. The molecule has 0 radical (unpaired) electrons. The number of nitrogens with one attached hydrogen (secondary N) is 3. The molecule has 0 aliphatic carbocycles. The minimum atomic E-state index is -0.109. The maximum absolute atomic E-state index is 12.0. The van der Waals surface area contributed by atoms with E-state index in [1.807, 2.05) is 25.7 Å². The third-order valence-corrected chi connectivity index (χ3v) is 5.07. The van der Waals surface area contributed by atoms with Gasteiger partial charge >= 0.3 is 0 Å². The molecule has 1 atom stereocenters. The molecule has 10 heteroatoms. The molecule has 1 unspecified atom stereocenters. The van der Waals surface area contributed by atoms with Crippen LogP contribution in [0.4, 0.5) is 0 Å². The minimum Gasteiger partial charge on any atom is -0.357 e. The van der Waals surface area contributed by atoms with E-state index in [0.717, 1.165) is 25.2 Å². The molecule has 1 fully saturated rings. The molecule has 8 nitrogen and oxygen atoms in total. The first-order valence-electron chi connectivity index (χ1n) is 9.06. The molecule has 0 saturated carbocycles. The molecule has 0 spiro atoms. The van der Waals surface area contributed by atoms with Crippen LogP contribution in [0.1, 0.15) is 42.1 Å². The predicted octanol–water partition coefficient (Wildman–Crippen LogP) is 1.37. The fourth-order valence-electron chi connectivity index (χ4n) is 2.78. The molecule has 2 amide bonds. The van der Waals surface area contributed by atoms with Crippen molar-refractivity contribution in [2.24, 2.45) is 4.99 Å². The summed E-state index contributed by atoms with van der Waals surface area (Å²) < 4.78 is 0. The summed E-state index contributed by atoms with van der Waals surface area (Å²) >= 11 is 1.34. The van der Waals surface area contributed by atoms with Gasteiger partial charge in [-0.25, -0.2) is 4.98 Å². The van der Waals surface area contributed by atoms with E-state index in [0.29, 0.717) is 36.9 Å². The molecule has 1 aromatic rings. The van der Waals surface area contributed by atoms with E-state index in [2.05, 4.69) is 25.9 Å². The number of aromatic nitrogens is 1. The first kappa shape index (κ1) is 23.6. The molecule has 0 bridgehead atoms. The third kappa shape index (κ3) is 7.24. The zero-order valence-electron chi connectivity index (χ0n) is 16.1. The van der Waals surface area contributed by atoms with Gasteiger partial charge in [-0.1, -0.05) is 6.92 Å². The average molecular weight is 508 g/mol. The topological polar surface area (TPSA) is 98.7 Å². The molecular formula is C17H29IN6O2S. The van der Waals surface area contributed by atoms with E-state index in [-0.39, 0.29) is 41.8 Å². The molecule has 2 rings (SSSR count). The highest BCUT2D eigenvalue weighted by molar-refractivity contribution is 14.0. The number of aryl methyl sites for hydroxylation is 1. The van der Waals surface area contributed by atoms with E-state index < -0.39 is 0 Å². The predicted molar refractivity (Wildman–Crippen MR) is 119 cm³/mol. The average Bonchev–Trinajstić information content (AvgIpc) is 3.27. The summed E-state index contributed by atoms with van der Waals surface area (Å²) in [6.45, 7) is 8.89. The van der Waals surface area contributed by atoms with E-state index in [1.165, 1.54) is 11.3 Å². The molecule has 3 N–H and O–H groups in total. The first-order chi connectivity index (χ1) is 12.5.